The zero-order valence-electron chi connectivity index (χ0n) is 11.3. The first-order valence-electron chi connectivity index (χ1n) is 6.28. The Morgan fingerprint density at radius 1 is 1.15 bits per heavy atom. The number of halogens is 1. The molecule has 2 aromatic carbocycles. The molecule has 0 aliphatic heterocycles. The van der Waals surface area contributed by atoms with Crippen LogP contribution in [-0.4, -0.2) is 11.1 Å². The van der Waals surface area contributed by atoms with Gasteiger partial charge in [-0.05, 0) is 41.8 Å². The van der Waals surface area contributed by atoms with Gasteiger partial charge in [0.25, 0.3) is 0 Å². The Hall–Kier alpha value is -1.81. The molecule has 1 N–H and O–H groups in total. The van der Waals surface area contributed by atoms with Gasteiger partial charge in [0.05, 0.1) is 0 Å². The number of rotatable bonds is 4. The third kappa shape index (κ3) is 3.39. The Morgan fingerprint density at radius 3 is 2.35 bits per heavy atom. The zero-order valence-corrected chi connectivity index (χ0v) is 12.8. The van der Waals surface area contributed by atoms with Gasteiger partial charge in [0.2, 0.25) is 0 Å². The van der Waals surface area contributed by atoms with E-state index in [4.69, 9.17) is 4.74 Å². The Morgan fingerprint density at radius 2 is 1.80 bits per heavy atom. The van der Waals surface area contributed by atoms with Crippen molar-refractivity contribution in [1.82, 2.24) is 0 Å². The molecule has 0 atom stereocenters. The predicted octanol–water partition coefficient (Wildman–Crippen LogP) is 5.06. The lowest BCUT2D eigenvalue weighted by atomic mass is 10.0. The standard InChI is InChI=1S/C16H15BrO3/c1-10(2)11-3-6-13(7-4-11)20-15-8-5-12(17)9-14(15)16(18)19/h3-10H,1-2H3,(H,18,19). The van der Waals surface area contributed by atoms with Gasteiger partial charge >= 0.3 is 5.97 Å². The van der Waals surface area contributed by atoms with Gasteiger partial charge in [-0.3, -0.25) is 0 Å². The molecule has 0 saturated heterocycles. The minimum atomic E-state index is -1.01. The molecule has 2 rings (SSSR count). The molecule has 2 aromatic rings. The van der Waals surface area contributed by atoms with Crippen LogP contribution in [0.2, 0.25) is 0 Å². The topological polar surface area (TPSA) is 46.5 Å². The second-order valence-corrected chi connectivity index (χ2v) is 5.69. The highest BCUT2D eigenvalue weighted by Crippen LogP contribution is 2.29. The summed E-state index contributed by atoms with van der Waals surface area (Å²) in [5.41, 5.74) is 1.35. The van der Waals surface area contributed by atoms with Crippen LogP contribution in [0, 0.1) is 0 Å². The van der Waals surface area contributed by atoms with Crippen LogP contribution in [0.1, 0.15) is 35.7 Å². The van der Waals surface area contributed by atoms with Crippen molar-refractivity contribution >= 4 is 21.9 Å². The Kier molecular flexibility index (Phi) is 4.45. The Balaban J connectivity index is 2.28. The van der Waals surface area contributed by atoms with E-state index in [1.54, 1.807) is 12.1 Å². The first kappa shape index (κ1) is 14.6. The van der Waals surface area contributed by atoms with Gasteiger partial charge in [-0.15, -0.1) is 0 Å². The number of carboxylic acid groups (broad SMARTS) is 1. The third-order valence-electron chi connectivity index (χ3n) is 2.95. The molecule has 20 heavy (non-hydrogen) atoms. The van der Waals surface area contributed by atoms with E-state index in [9.17, 15) is 9.90 Å². The molecule has 0 amide bonds. The zero-order chi connectivity index (χ0) is 14.7. The molecule has 0 heterocycles. The summed E-state index contributed by atoms with van der Waals surface area (Å²) in [6, 6.07) is 12.6. The molecule has 4 heteroatoms. The second kappa shape index (κ2) is 6.09. The fraction of sp³-hybridized carbons (Fsp3) is 0.188. The quantitative estimate of drug-likeness (QED) is 0.849. The van der Waals surface area contributed by atoms with E-state index in [1.165, 1.54) is 11.6 Å². The molecule has 0 radical (unpaired) electrons. The van der Waals surface area contributed by atoms with Crippen molar-refractivity contribution in [2.45, 2.75) is 19.8 Å². The highest BCUT2D eigenvalue weighted by atomic mass is 79.9. The normalized spacial score (nSPS) is 10.6. The highest BCUT2D eigenvalue weighted by Gasteiger charge is 2.12. The van der Waals surface area contributed by atoms with Crippen molar-refractivity contribution in [2.24, 2.45) is 0 Å². The average molecular weight is 335 g/mol. The van der Waals surface area contributed by atoms with Crippen molar-refractivity contribution in [3.63, 3.8) is 0 Å². The minimum absolute atomic E-state index is 0.132. The van der Waals surface area contributed by atoms with Crippen LogP contribution in [0.25, 0.3) is 0 Å². The maximum atomic E-state index is 11.2. The van der Waals surface area contributed by atoms with Crippen LogP contribution < -0.4 is 4.74 Å². The van der Waals surface area contributed by atoms with E-state index in [0.717, 1.165) is 0 Å². The van der Waals surface area contributed by atoms with Crippen LogP contribution in [-0.2, 0) is 0 Å². The monoisotopic (exact) mass is 334 g/mol. The van der Waals surface area contributed by atoms with Gasteiger partial charge in [-0.1, -0.05) is 41.9 Å². The van der Waals surface area contributed by atoms with Gasteiger partial charge in [0, 0.05) is 4.47 Å². The average Bonchev–Trinajstić information content (AvgIpc) is 2.41. The number of carbonyl (C=O) groups is 1. The van der Waals surface area contributed by atoms with Crippen molar-refractivity contribution in [3.8, 4) is 11.5 Å². The summed E-state index contributed by atoms with van der Waals surface area (Å²) in [6.45, 7) is 4.24. The van der Waals surface area contributed by atoms with E-state index in [1.807, 2.05) is 24.3 Å². The molecule has 0 aliphatic carbocycles. The van der Waals surface area contributed by atoms with Crippen LogP contribution in [0.5, 0.6) is 11.5 Å². The molecule has 0 saturated carbocycles. The highest BCUT2D eigenvalue weighted by molar-refractivity contribution is 9.10. The van der Waals surface area contributed by atoms with Gasteiger partial charge in [0.1, 0.15) is 17.1 Å². The van der Waals surface area contributed by atoms with Gasteiger partial charge < -0.3 is 9.84 Å². The van der Waals surface area contributed by atoms with E-state index < -0.39 is 5.97 Å². The predicted molar refractivity (Wildman–Crippen MR) is 81.7 cm³/mol. The number of aromatic carboxylic acids is 1. The lowest BCUT2D eigenvalue weighted by molar-refractivity contribution is 0.0694. The van der Waals surface area contributed by atoms with E-state index in [0.29, 0.717) is 21.9 Å². The third-order valence-corrected chi connectivity index (χ3v) is 3.44. The van der Waals surface area contributed by atoms with Crippen molar-refractivity contribution in [3.05, 3.63) is 58.1 Å². The molecule has 3 nitrogen and oxygen atoms in total. The number of carboxylic acids is 1. The molecule has 104 valence electrons. The first-order chi connectivity index (χ1) is 9.47. The first-order valence-corrected chi connectivity index (χ1v) is 7.07. The second-order valence-electron chi connectivity index (χ2n) is 4.77. The molecule has 0 aromatic heterocycles. The number of hydrogen-bond acceptors (Lipinski definition) is 2. The van der Waals surface area contributed by atoms with E-state index in [-0.39, 0.29) is 5.56 Å². The summed E-state index contributed by atoms with van der Waals surface area (Å²) in [6.07, 6.45) is 0. The fourth-order valence-electron chi connectivity index (χ4n) is 1.81. The van der Waals surface area contributed by atoms with Crippen molar-refractivity contribution in [1.29, 1.82) is 0 Å². The molecule has 0 aliphatic rings. The summed E-state index contributed by atoms with van der Waals surface area (Å²) in [4.78, 5) is 11.2. The van der Waals surface area contributed by atoms with E-state index >= 15 is 0 Å². The number of benzene rings is 2. The Labute approximate surface area is 126 Å². The molecule has 0 spiro atoms. The molecular formula is C16H15BrO3. The summed E-state index contributed by atoms with van der Waals surface area (Å²) in [7, 11) is 0. The molecular weight excluding hydrogens is 320 g/mol. The SMILES string of the molecule is CC(C)c1ccc(Oc2ccc(Br)cc2C(=O)O)cc1. The maximum Gasteiger partial charge on any atom is 0.339 e. The van der Waals surface area contributed by atoms with Crippen molar-refractivity contribution in [2.75, 3.05) is 0 Å². The smallest absolute Gasteiger partial charge is 0.339 e. The molecule has 0 unspecified atom stereocenters. The number of hydrogen-bond donors (Lipinski definition) is 1. The summed E-state index contributed by atoms with van der Waals surface area (Å²) >= 11 is 3.26. The van der Waals surface area contributed by atoms with Crippen LogP contribution in [0.3, 0.4) is 0 Å². The Bertz CT molecular complexity index is 618. The van der Waals surface area contributed by atoms with Crippen LogP contribution in [0.15, 0.2) is 46.9 Å². The van der Waals surface area contributed by atoms with E-state index in [2.05, 4.69) is 29.8 Å². The largest absolute Gasteiger partial charge is 0.478 e. The van der Waals surface area contributed by atoms with Crippen LogP contribution >= 0.6 is 15.9 Å². The lowest BCUT2D eigenvalue weighted by Crippen LogP contribution is -2.00. The summed E-state index contributed by atoms with van der Waals surface area (Å²) < 4.78 is 6.36. The van der Waals surface area contributed by atoms with Gasteiger partial charge in [-0.2, -0.15) is 0 Å². The minimum Gasteiger partial charge on any atom is -0.478 e. The number of ether oxygens (including phenoxy) is 1. The van der Waals surface area contributed by atoms with Gasteiger partial charge in [-0.25, -0.2) is 4.79 Å². The maximum absolute atomic E-state index is 11.2. The van der Waals surface area contributed by atoms with Crippen LogP contribution in [0.4, 0.5) is 0 Å². The summed E-state index contributed by atoms with van der Waals surface area (Å²) in [5, 5.41) is 9.18. The van der Waals surface area contributed by atoms with Gasteiger partial charge in [0.15, 0.2) is 0 Å². The molecule has 0 fully saturated rings. The van der Waals surface area contributed by atoms with Crippen molar-refractivity contribution < 1.29 is 14.6 Å². The molecule has 0 bridgehead atoms. The summed E-state index contributed by atoms with van der Waals surface area (Å²) in [5.74, 6) is 0.392. The lowest BCUT2D eigenvalue weighted by Gasteiger charge is -2.10. The fourth-order valence-corrected chi connectivity index (χ4v) is 2.17.